The molecule has 0 spiro atoms. The predicted octanol–water partition coefficient (Wildman–Crippen LogP) is 3.17. The van der Waals surface area contributed by atoms with Crippen LogP contribution in [0.2, 0.25) is 0 Å². The second kappa shape index (κ2) is 12.4. The van der Waals surface area contributed by atoms with E-state index in [0.29, 0.717) is 12.5 Å². The molecule has 160 valence electrons. The van der Waals surface area contributed by atoms with Gasteiger partial charge >= 0.3 is 0 Å². The van der Waals surface area contributed by atoms with Crippen LogP contribution >= 0.6 is 11.8 Å². The first-order chi connectivity index (χ1) is 14.0. The standard InChI is InChI=1S/C21H34N6OS/c1-17(2)16-27-19(24-25-21(27)29-5)12-9-13-23-20(22-3)26(4)14-15-28-18-10-7-6-8-11-18/h6-8,10-11,17H,9,12-16H2,1-5H3,(H,22,23). The molecule has 0 radical (unpaired) electrons. The van der Waals surface area contributed by atoms with Crippen molar-refractivity contribution in [1.29, 1.82) is 0 Å². The zero-order valence-electron chi connectivity index (χ0n) is 18.3. The summed E-state index contributed by atoms with van der Waals surface area (Å²) in [5.41, 5.74) is 0. The van der Waals surface area contributed by atoms with E-state index in [1.807, 2.05) is 43.6 Å². The van der Waals surface area contributed by atoms with Gasteiger partial charge in [-0.05, 0) is 30.7 Å². The number of nitrogens with one attached hydrogen (secondary N) is 1. The fourth-order valence-corrected chi connectivity index (χ4v) is 3.48. The maximum Gasteiger partial charge on any atom is 0.193 e. The first-order valence-corrected chi connectivity index (χ1v) is 11.3. The number of aliphatic imine (C=N–C) groups is 1. The fraction of sp³-hybridized carbons (Fsp3) is 0.571. The molecule has 0 saturated carbocycles. The molecule has 2 rings (SSSR count). The third-order valence-electron chi connectivity index (χ3n) is 4.40. The van der Waals surface area contributed by atoms with Crippen LogP contribution in [0, 0.1) is 5.92 Å². The molecule has 0 atom stereocenters. The SMILES string of the molecule is CN=C(NCCCc1nnc(SC)n1CC(C)C)N(C)CCOc1ccccc1. The average molecular weight is 419 g/mol. The van der Waals surface area contributed by atoms with E-state index in [1.54, 1.807) is 18.8 Å². The Hall–Kier alpha value is -2.22. The van der Waals surface area contributed by atoms with Gasteiger partial charge in [0.2, 0.25) is 0 Å². The number of ether oxygens (including phenoxy) is 1. The molecule has 0 aliphatic carbocycles. The highest BCUT2D eigenvalue weighted by molar-refractivity contribution is 7.98. The number of hydrogen-bond acceptors (Lipinski definition) is 5. The summed E-state index contributed by atoms with van der Waals surface area (Å²) in [5, 5.41) is 13.1. The molecular weight excluding hydrogens is 384 g/mol. The maximum absolute atomic E-state index is 5.77. The highest BCUT2D eigenvalue weighted by Crippen LogP contribution is 2.16. The van der Waals surface area contributed by atoms with Crippen LogP contribution in [0.4, 0.5) is 0 Å². The van der Waals surface area contributed by atoms with Gasteiger partial charge < -0.3 is 19.5 Å². The van der Waals surface area contributed by atoms with E-state index >= 15 is 0 Å². The summed E-state index contributed by atoms with van der Waals surface area (Å²) in [6.07, 6.45) is 3.91. The molecule has 1 aromatic heterocycles. The van der Waals surface area contributed by atoms with Crippen LogP contribution in [-0.4, -0.2) is 65.7 Å². The van der Waals surface area contributed by atoms with Gasteiger partial charge in [-0.2, -0.15) is 0 Å². The predicted molar refractivity (Wildman–Crippen MR) is 121 cm³/mol. The maximum atomic E-state index is 5.77. The first-order valence-electron chi connectivity index (χ1n) is 10.1. The van der Waals surface area contributed by atoms with Gasteiger partial charge in [0.1, 0.15) is 18.2 Å². The van der Waals surface area contributed by atoms with Gasteiger partial charge in [0, 0.05) is 33.6 Å². The molecule has 0 unspecified atom stereocenters. The van der Waals surface area contributed by atoms with Crippen LogP contribution in [0.1, 0.15) is 26.1 Å². The fourth-order valence-electron chi connectivity index (χ4n) is 2.96. The molecule has 29 heavy (non-hydrogen) atoms. The number of likely N-dealkylation sites (N-methyl/N-ethyl adjacent to an activating group) is 1. The summed E-state index contributed by atoms with van der Waals surface area (Å²) >= 11 is 1.65. The summed E-state index contributed by atoms with van der Waals surface area (Å²) in [4.78, 5) is 6.45. The van der Waals surface area contributed by atoms with Gasteiger partial charge in [-0.15, -0.1) is 10.2 Å². The summed E-state index contributed by atoms with van der Waals surface area (Å²) in [7, 11) is 3.83. The quantitative estimate of drug-likeness (QED) is 0.262. The molecule has 8 heteroatoms. The second-order valence-corrected chi connectivity index (χ2v) is 8.04. The Bertz CT molecular complexity index is 747. The van der Waals surface area contributed by atoms with Crippen molar-refractivity contribution < 1.29 is 4.74 Å². The van der Waals surface area contributed by atoms with Crippen molar-refractivity contribution in [2.45, 2.75) is 38.4 Å². The first kappa shape index (κ1) is 23.1. The lowest BCUT2D eigenvalue weighted by molar-refractivity contribution is 0.281. The van der Waals surface area contributed by atoms with Gasteiger partial charge in [0.25, 0.3) is 0 Å². The van der Waals surface area contributed by atoms with Crippen molar-refractivity contribution >= 4 is 17.7 Å². The average Bonchev–Trinajstić information content (AvgIpc) is 3.09. The van der Waals surface area contributed by atoms with Crippen LogP contribution < -0.4 is 10.1 Å². The van der Waals surface area contributed by atoms with Crippen molar-refractivity contribution in [2.75, 3.05) is 40.0 Å². The second-order valence-electron chi connectivity index (χ2n) is 7.27. The van der Waals surface area contributed by atoms with Gasteiger partial charge in [-0.1, -0.05) is 43.8 Å². The molecule has 0 bridgehead atoms. The van der Waals surface area contributed by atoms with Crippen LogP contribution in [-0.2, 0) is 13.0 Å². The van der Waals surface area contributed by atoms with E-state index in [9.17, 15) is 0 Å². The van der Waals surface area contributed by atoms with E-state index in [1.165, 1.54) is 0 Å². The number of para-hydroxylation sites is 1. The summed E-state index contributed by atoms with van der Waals surface area (Å²) < 4.78 is 8.02. The van der Waals surface area contributed by atoms with Crippen molar-refractivity contribution in [2.24, 2.45) is 10.9 Å². The molecule has 0 fully saturated rings. The van der Waals surface area contributed by atoms with Crippen LogP contribution in [0.15, 0.2) is 40.5 Å². The molecule has 1 aromatic carbocycles. The van der Waals surface area contributed by atoms with Crippen LogP contribution in [0.5, 0.6) is 5.75 Å². The summed E-state index contributed by atoms with van der Waals surface area (Å²) in [6, 6.07) is 9.87. The lowest BCUT2D eigenvalue weighted by Gasteiger charge is -2.22. The van der Waals surface area contributed by atoms with Crippen LogP contribution in [0.25, 0.3) is 0 Å². The Morgan fingerprint density at radius 2 is 2.03 bits per heavy atom. The lowest BCUT2D eigenvalue weighted by Crippen LogP contribution is -2.41. The Kier molecular flexibility index (Phi) is 9.83. The van der Waals surface area contributed by atoms with E-state index in [4.69, 9.17) is 4.74 Å². The number of aryl methyl sites for hydroxylation is 1. The Balaban J connectivity index is 1.74. The van der Waals surface area contributed by atoms with Crippen molar-refractivity contribution in [1.82, 2.24) is 25.0 Å². The molecular formula is C21H34N6OS. The van der Waals surface area contributed by atoms with Crippen molar-refractivity contribution in [3.8, 4) is 5.75 Å². The topological polar surface area (TPSA) is 67.6 Å². The number of nitrogens with zero attached hydrogens (tertiary/aromatic N) is 5. The molecule has 0 saturated heterocycles. The minimum absolute atomic E-state index is 0.569. The molecule has 1 heterocycles. The minimum atomic E-state index is 0.569. The zero-order valence-corrected chi connectivity index (χ0v) is 19.1. The van der Waals surface area contributed by atoms with Gasteiger partial charge in [0.05, 0.1) is 6.54 Å². The zero-order chi connectivity index (χ0) is 21.1. The molecule has 0 aliphatic heterocycles. The Morgan fingerprint density at radius 3 is 2.69 bits per heavy atom. The minimum Gasteiger partial charge on any atom is -0.492 e. The van der Waals surface area contributed by atoms with Crippen molar-refractivity contribution in [3.63, 3.8) is 0 Å². The molecule has 0 amide bonds. The number of guanidine groups is 1. The number of benzene rings is 1. The van der Waals surface area contributed by atoms with Crippen LogP contribution in [0.3, 0.4) is 0 Å². The highest BCUT2D eigenvalue weighted by atomic mass is 32.2. The highest BCUT2D eigenvalue weighted by Gasteiger charge is 2.12. The Labute approximate surface area is 179 Å². The Morgan fingerprint density at radius 1 is 1.28 bits per heavy atom. The third-order valence-corrected chi connectivity index (χ3v) is 5.06. The van der Waals surface area contributed by atoms with Crippen molar-refractivity contribution in [3.05, 3.63) is 36.2 Å². The van der Waals surface area contributed by atoms with Gasteiger partial charge in [0.15, 0.2) is 11.1 Å². The number of rotatable bonds is 11. The third kappa shape index (κ3) is 7.61. The molecule has 0 aliphatic rings. The molecule has 7 nitrogen and oxygen atoms in total. The van der Waals surface area contributed by atoms with E-state index in [0.717, 1.165) is 55.2 Å². The largest absolute Gasteiger partial charge is 0.492 e. The lowest BCUT2D eigenvalue weighted by atomic mass is 10.2. The number of aromatic nitrogens is 3. The van der Waals surface area contributed by atoms with E-state index < -0.39 is 0 Å². The molecule has 1 N–H and O–H groups in total. The van der Waals surface area contributed by atoms with E-state index in [2.05, 4.69) is 43.8 Å². The monoisotopic (exact) mass is 418 g/mol. The molecule has 2 aromatic rings. The number of thioether (sulfide) groups is 1. The number of hydrogen-bond donors (Lipinski definition) is 1. The van der Waals surface area contributed by atoms with Gasteiger partial charge in [-0.25, -0.2) is 0 Å². The van der Waals surface area contributed by atoms with Gasteiger partial charge in [-0.3, -0.25) is 4.99 Å². The normalized spacial score (nSPS) is 11.7. The smallest absolute Gasteiger partial charge is 0.193 e. The van der Waals surface area contributed by atoms with E-state index in [-0.39, 0.29) is 0 Å². The summed E-state index contributed by atoms with van der Waals surface area (Å²) in [5.74, 6) is 3.39. The summed E-state index contributed by atoms with van der Waals surface area (Å²) in [6.45, 7) is 7.59.